The molecule has 0 aliphatic carbocycles. The van der Waals surface area contributed by atoms with E-state index in [-0.39, 0.29) is 0 Å². The Bertz CT molecular complexity index is 555. The number of hydrogen-bond donors (Lipinski definition) is 0. The van der Waals surface area contributed by atoms with Crippen LogP contribution in [0.3, 0.4) is 0 Å². The minimum atomic E-state index is -0.395. The van der Waals surface area contributed by atoms with Crippen molar-refractivity contribution >= 4 is 23.2 Å². The lowest BCUT2D eigenvalue weighted by atomic mass is 10.0. The molecule has 0 heterocycles. The van der Waals surface area contributed by atoms with Crippen LogP contribution in [0.25, 0.3) is 11.1 Å². The topological polar surface area (TPSA) is 9.23 Å². The highest BCUT2D eigenvalue weighted by Gasteiger charge is 2.11. The van der Waals surface area contributed by atoms with E-state index in [1.807, 2.05) is 0 Å². The van der Waals surface area contributed by atoms with E-state index in [1.54, 1.807) is 30.3 Å². The molecule has 0 aliphatic heterocycles. The Hall–Kier alpha value is -1.25. The number of ether oxygens (including phenoxy) is 1. The maximum Gasteiger partial charge on any atom is 0.134 e. The van der Waals surface area contributed by atoms with Gasteiger partial charge in [-0.05, 0) is 18.2 Å². The average Bonchev–Trinajstić information content (AvgIpc) is 2.33. The van der Waals surface area contributed by atoms with Crippen molar-refractivity contribution < 1.29 is 9.13 Å². The molecule has 0 spiro atoms. The normalized spacial score (nSPS) is 10.4. The summed E-state index contributed by atoms with van der Waals surface area (Å²) in [5.41, 5.74) is 0.970. The first kappa shape index (κ1) is 12.2. The van der Waals surface area contributed by atoms with E-state index in [2.05, 4.69) is 0 Å². The van der Waals surface area contributed by atoms with Crippen molar-refractivity contribution in [1.29, 1.82) is 0 Å². The van der Waals surface area contributed by atoms with Crippen LogP contribution < -0.4 is 4.74 Å². The lowest BCUT2D eigenvalue weighted by molar-refractivity contribution is 0.411. The van der Waals surface area contributed by atoms with E-state index in [9.17, 15) is 4.39 Å². The van der Waals surface area contributed by atoms with Gasteiger partial charge in [-0.25, -0.2) is 4.39 Å². The van der Waals surface area contributed by atoms with Gasteiger partial charge in [0.25, 0.3) is 0 Å². The fourth-order valence-corrected chi connectivity index (χ4v) is 1.96. The second-order valence-electron chi connectivity index (χ2n) is 3.45. The zero-order valence-corrected chi connectivity index (χ0v) is 10.5. The Morgan fingerprint density at radius 2 is 1.82 bits per heavy atom. The fraction of sp³-hybridized carbons (Fsp3) is 0.0769. The molecule has 2 aromatic rings. The number of hydrogen-bond acceptors (Lipinski definition) is 1. The minimum Gasteiger partial charge on any atom is -0.497 e. The van der Waals surface area contributed by atoms with E-state index >= 15 is 0 Å². The maximum absolute atomic E-state index is 13.9. The summed E-state index contributed by atoms with van der Waals surface area (Å²) < 4.78 is 18.8. The smallest absolute Gasteiger partial charge is 0.134 e. The van der Waals surface area contributed by atoms with E-state index in [1.165, 1.54) is 13.2 Å². The van der Waals surface area contributed by atoms with E-state index in [0.717, 1.165) is 0 Å². The largest absolute Gasteiger partial charge is 0.497 e. The summed E-state index contributed by atoms with van der Waals surface area (Å²) in [6.45, 7) is 0. The highest BCUT2D eigenvalue weighted by atomic mass is 35.5. The Kier molecular flexibility index (Phi) is 3.55. The van der Waals surface area contributed by atoms with Crippen LogP contribution in [0.4, 0.5) is 4.39 Å². The van der Waals surface area contributed by atoms with Gasteiger partial charge in [-0.1, -0.05) is 35.3 Å². The predicted octanol–water partition coefficient (Wildman–Crippen LogP) is 4.81. The summed E-state index contributed by atoms with van der Waals surface area (Å²) >= 11 is 11.9. The Morgan fingerprint density at radius 1 is 1.06 bits per heavy atom. The fourth-order valence-electron chi connectivity index (χ4n) is 1.55. The molecule has 1 nitrogen and oxygen atoms in total. The molecular weight excluding hydrogens is 262 g/mol. The molecule has 0 aromatic heterocycles. The molecule has 0 atom stereocenters. The maximum atomic E-state index is 13.9. The second-order valence-corrected chi connectivity index (χ2v) is 4.23. The third-order valence-corrected chi connectivity index (χ3v) is 3.24. The van der Waals surface area contributed by atoms with Crippen molar-refractivity contribution in [2.75, 3.05) is 7.11 Å². The molecule has 0 saturated heterocycles. The third-order valence-electron chi connectivity index (χ3n) is 2.42. The Balaban J connectivity index is 2.57. The van der Waals surface area contributed by atoms with Crippen LogP contribution in [0.5, 0.6) is 5.75 Å². The Morgan fingerprint density at radius 3 is 2.47 bits per heavy atom. The molecule has 0 fully saturated rings. The van der Waals surface area contributed by atoms with Crippen LogP contribution in [0.1, 0.15) is 0 Å². The van der Waals surface area contributed by atoms with Crippen molar-refractivity contribution in [2.45, 2.75) is 0 Å². The van der Waals surface area contributed by atoms with Crippen molar-refractivity contribution in [3.63, 3.8) is 0 Å². The summed E-state index contributed by atoms with van der Waals surface area (Å²) in [4.78, 5) is 0. The van der Waals surface area contributed by atoms with Gasteiger partial charge in [-0.15, -0.1) is 0 Å². The zero-order chi connectivity index (χ0) is 12.4. The molecular formula is C13H9Cl2FO. The van der Waals surface area contributed by atoms with Crippen molar-refractivity contribution in [2.24, 2.45) is 0 Å². The van der Waals surface area contributed by atoms with Crippen LogP contribution in [0, 0.1) is 5.82 Å². The number of benzene rings is 2. The van der Waals surface area contributed by atoms with Gasteiger partial charge in [0.05, 0.1) is 17.2 Å². The summed E-state index contributed by atoms with van der Waals surface area (Å²) in [6.07, 6.45) is 0. The predicted molar refractivity (Wildman–Crippen MR) is 68.4 cm³/mol. The monoisotopic (exact) mass is 270 g/mol. The third kappa shape index (κ3) is 2.38. The average molecular weight is 271 g/mol. The summed E-state index contributed by atoms with van der Waals surface area (Å²) in [7, 11) is 1.49. The number of rotatable bonds is 2. The lowest BCUT2D eigenvalue weighted by Gasteiger charge is -2.08. The summed E-state index contributed by atoms with van der Waals surface area (Å²) in [6, 6.07) is 9.72. The van der Waals surface area contributed by atoms with Crippen molar-refractivity contribution in [3.8, 4) is 16.9 Å². The molecule has 0 radical (unpaired) electrons. The van der Waals surface area contributed by atoms with Crippen molar-refractivity contribution in [1.82, 2.24) is 0 Å². The molecule has 0 N–H and O–H groups in total. The first-order chi connectivity index (χ1) is 8.13. The van der Waals surface area contributed by atoms with Gasteiger partial charge in [0.2, 0.25) is 0 Å². The molecule has 0 amide bonds. The van der Waals surface area contributed by atoms with Gasteiger partial charge in [0, 0.05) is 17.2 Å². The standard InChI is InChI=1S/C13H9Cl2FO/c1-17-8-5-6-9(12(16)7-8)10-3-2-4-11(14)13(10)15/h2-7H,1H3. The molecule has 0 saturated carbocycles. The molecule has 4 heteroatoms. The van der Waals surface area contributed by atoms with Gasteiger partial charge < -0.3 is 4.74 Å². The minimum absolute atomic E-state index is 0.346. The van der Waals surface area contributed by atoms with Crippen LogP contribution in [0.2, 0.25) is 10.0 Å². The highest BCUT2D eigenvalue weighted by Crippen LogP contribution is 2.35. The van der Waals surface area contributed by atoms with Gasteiger partial charge in [-0.2, -0.15) is 0 Å². The molecule has 0 unspecified atom stereocenters. The molecule has 2 rings (SSSR count). The summed E-state index contributed by atoms with van der Waals surface area (Å²) in [5, 5.41) is 0.748. The first-order valence-electron chi connectivity index (χ1n) is 4.91. The molecule has 0 aliphatic rings. The van der Waals surface area contributed by atoms with Crippen molar-refractivity contribution in [3.05, 3.63) is 52.3 Å². The molecule has 2 aromatic carbocycles. The first-order valence-corrected chi connectivity index (χ1v) is 5.67. The van der Waals surface area contributed by atoms with Crippen LogP contribution in [-0.2, 0) is 0 Å². The summed E-state index contributed by atoms with van der Waals surface area (Å²) in [5.74, 6) is 0.0675. The zero-order valence-electron chi connectivity index (χ0n) is 9.01. The molecule has 88 valence electrons. The SMILES string of the molecule is COc1ccc(-c2cccc(Cl)c2Cl)c(F)c1. The van der Waals surface area contributed by atoms with Gasteiger partial charge in [0.1, 0.15) is 11.6 Å². The quantitative estimate of drug-likeness (QED) is 0.761. The van der Waals surface area contributed by atoms with Gasteiger partial charge in [0.15, 0.2) is 0 Å². The molecule has 0 bridgehead atoms. The number of halogens is 3. The van der Waals surface area contributed by atoms with E-state index in [0.29, 0.717) is 26.9 Å². The lowest BCUT2D eigenvalue weighted by Crippen LogP contribution is -1.89. The molecule has 17 heavy (non-hydrogen) atoms. The Labute approximate surface area is 109 Å². The van der Waals surface area contributed by atoms with E-state index in [4.69, 9.17) is 27.9 Å². The van der Waals surface area contributed by atoms with Gasteiger partial charge >= 0.3 is 0 Å². The van der Waals surface area contributed by atoms with E-state index < -0.39 is 5.82 Å². The second kappa shape index (κ2) is 4.94. The highest BCUT2D eigenvalue weighted by molar-refractivity contribution is 6.43. The van der Waals surface area contributed by atoms with Crippen LogP contribution in [0.15, 0.2) is 36.4 Å². The number of methoxy groups -OCH3 is 1. The van der Waals surface area contributed by atoms with Crippen LogP contribution >= 0.6 is 23.2 Å². The van der Waals surface area contributed by atoms with Crippen LogP contribution in [-0.4, -0.2) is 7.11 Å². The van der Waals surface area contributed by atoms with Gasteiger partial charge in [-0.3, -0.25) is 0 Å².